The van der Waals surface area contributed by atoms with Crippen molar-refractivity contribution in [1.29, 1.82) is 0 Å². The van der Waals surface area contributed by atoms with Gasteiger partial charge in [-0.2, -0.15) is 13.2 Å². The minimum Gasteiger partial charge on any atom is -0.457 e. The number of nitrogens with one attached hydrogen (secondary N) is 1. The molecule has 0 spiro atoms. The van der Waals surface area contributed by atoms with Gasteiger partial charge in [-0.1, -0.05) is 26.0 Å². The Morgan fingerprint density at radius 2 is 1.74 bits per heavy atom. The maximum absolute atomic E-state index is 13.0. The van der Waals surface area contributed by atoms with Gasteiger partial charge in [0.1, 0.15) is 17.3 Å². The standard InChI is InChI=1S/C29H25F3N2O3S/c1-16(26(35)18-9-10-18)17(2)28-34-24-12-11-23(15-25(24)38-28)37-22-8-3-5-19(13-22)27(36)33-21-7-4-6-20(14-21)29(30,31)32/h3-8,11-18H,9-10H2,1-2H3,(H,33,36). The number of hydrogen-bond donors (Lipinski definition) is 1. The molecule has 1 aliphatic rings. The largest absolute Gasteiger partial charge is 0.457 e. The predicted octanol–water partition coefficient (Wildman–Crippen LogP) is 8.08. The van der Waals surface area contributed by atoms with E-state index < -0.39 is 17.6 Å². The number of Topliss-reactive ketones (excluding diaryl/α,β-unsaturated/α-hetero) is 1. The van der Waals surface area contributed by atoms with E-state index in [1.54, 1.807) is 24.3 Å². The summed E-state index contributed by atoms with van der Waals surface area (Å²) >= 11 is 1.53. The number of carbonyl (C=O) groups is 2. The zero-order chi connectivity index (χ0) is 27.0. The fourth-order valence-electron chi connectivity index (χ4n) is 4.19. The van der Waals surface area contributed by atoms with Gasteiger partial charge >= 0.3 is 6.18 Å². The summed E-state index contributed by atoms with van der Waals surface area (Å²) in [5.41, 5.74) is 0.269. The normalized spacial score (nSPS) is 15.2. The number of carbonyl (C=O) groups excluding carboxylic acids is 2. The summed E-state index contributed by atoms with van der Waals surface area (Å²) < 4.78 is 45.8. The molecule has 1 aliphatic carbocycles. The number of halogens is 3. The minimum absolute atomic E-state index is 0.0249. The first-order valence-electron chi connectivity index (χ1n) is 12.3. The van der Waals surface area contributed by atoms with Crippen molar-refractivity contribution in [2.24, 2.45) is 11.8 Å². The highest BCUT2D eigenvalue weighted by molar-refractivity contribution is 7.18. The van der Waals surface area contributed by atoms with Crippen molar-refractivity contribution in [1.82, 2.24) is 4.98 Å². The lowest BCUT2D eigenvalue weighted by Crippen LogP contribution is -2.18. The van der Waals surface area contributed by atoms with E-state index in [0.717, 1.165) is 40.2 Å². The number of amides is 1. The van der Waals surface area contributed by atoms with Crippen LogP contribution < -0.4 is 10.1 Å². The molecule has 1 aromatic heterocycles. The van der Waals surface area contributed by atoms with Crippen molar-refractivity contribution < 1.29 is 27.5 Å². The highest BCUT2D eigenvalue weighted by Crippen LogP contribution is 2.39. The van der Waals surface area contributed by atoms with Crippen molar-refractivity contribution in [3.05, 3.63) is 82.9 Å². The van der Waals surface area contributed by atoms with Crippen molar-refractivity contribution in [3.8, 4) is 11.5 Å². The van der Waals surface area contributed by atoms with Gasteiger partial charge in [-0.3, -0.25) is 9.59 Å². The molecule has 0 aliphatic heterocycles. The molecule has 196 valence electrons. The fourth-order valence-corrected chi connectivity index (χ4v) is 5.35. The number of fused-ring (bicyclic) bond motifs is 1. The third kappa shape index (κ3) is 5.72. The second-order valence-electron chi connectivity index (χ2n) is 9.60. The number of anilines is 1. The molecule has 1 saturated carbocycles. The Balaban J connectivity index is 1.29. The molecule has 0 radical (unpaired) electrons. The van der Waals surface area contributed by atoms with Gasteiger partial charge in [-0.25, -0.2) is 4.98 Å². The van der Waals surface area contributed by atoms with Gasteiger partial charge in [0.25, 0.3) is 5.91 Å². The number of ether oxygens (including phenoxy) is 1. The molecule has 1 N–H and O–H groups in total. The molecule has 1 heterocycles. The summed E-state index contributed by atoms with van der Waals surface area (Å²) in [6.45, 7) is 4.01. The fraction of sp³-hybridized carbons (Fsp3) is 0.276. The highest BCUT2D eigenvalue weighted by atomic mass is 32.1. The van der Waals surface area contributed by atoms with E-state index in [-0.39, 0.29) is 29.0 Å². The number of benzene rings is 3. The summed E-state index contributed by atoms with van der Waals surface area (Å²) in [7, 11) is 0. The molecular weight excluding hydrogens is 513 g/mol. The molecule has 9 heteroatoms. The third-order valence-electron chi connectivity index (χ3n) is 6.72. The lowest BCUT2D eigenvalue weighted by molar-refractivity contribution is -0.137. The average molecular weight is 539 g/mol. The number of nitrogens with zero attached hydrogens (tertiary/aromatic N) is 1. The van der Waals surface area contributed by atoms with Crippen LogP contribution >= 0.6 is 11.3 Å². The van der Waals surface area contributed by atoms with E-state index in [0.29, 0.717) is 17.3 Å². The Kier molecular flexibility index (Phi) is 6.96. The molecule has 1 fully saturated rings. The zero-order valence-electron chi connectivity index (χ0n) is 20.7. The third-order valence-corrected chi connectivity index (χ3v) is 7.94. The van der Waals surface area contributed by atoms with Crippen LogP contribution in [0.15, 0.2) is 66.7 Å². The van der Waals surface area contributed by atoms with Crippen LogP contribution in [-0.2, 0) is 11.0 Å². The van der Waals surface area contributed by atoms with Crippen LogP contribution in [0.3, 0.4) is 0 Å². The van der Waals surface area contributed by atoms with E-state index in [1.165, 1.54) is 29.5 Å². The van der Waals surface area contributed by atoms with Gasteiger partial charge in [0, 0.05) is 35.1 Å². The Morgan fingerprint density at radius 1 is 1.00 bits per heavy atom. The number of ketones is 1. The molecule has 0 saturated heterocycles. The number of hydrogen-bond acceptors (Lipinski definition) is 5. The first-order valence-corrected chi connectivity index (χ1v) is 13.1. The molecule has 2 atom stereocenters. The zero-order valence-corrected chi connectivity index (χ0v) is 21.5. The molecule has 1 amide bonds. The van der Waals surface area contributed by atoms with E-state index >= 15 is 0 Å². The van der Waals surface area contributed by atoms with Gasteiger partial charge in [0.05, 0.1) is 20.8 Å². The molecule has 3 aromatic carbocycles. The lowest BCUT2D eigenvalue weighted by Gasteiger charge is -2.16. The Hall–Kier alpha value is -3.72. The second-order valence-corrected chi connectivity index (χ2v) is 10.7. The van der Waals surface area contributed by atoms with Gasteiger partial charge in [0.15, 0.2) is 0 Å². The Bertz CT molecular complexity index is 1510. The van der Waals surface area contributed by atoms with Gasteiger partial charge < -0.3 is 10.1 Å². The first kappa shape index (κ1) is 25.9. The van der Waals surface area contributed by atoms with E-state index in [2.05, 4.69) is 5.32 Å². The predicted molar refractivity (Wildman–Crippen MR) is 141 cm³/mol. The highest BCUT2D eigenvalue weighted by Gasteiger charge is 2.36. The summed E-state index contributed by atoms with van der Waals surface area (Å²) in [6, 6.07) is 16.4. The molecule has 5 nitrogen and oxygen atoms in total. The van der Waals surface area contributed by atoms with Crippen LogP contribution in [0.2, 0.25) is 0 Å². The summed E-state index contributed by atoms with van der Waals surface area (Å²) in [5, 5.41) is 3.41. The summed E-state index contributed by atoms with van der Waals surface area (Å²) in [4.78, 5) is 29.9. The van der Waals surface area contributed by atoms with Crippen LogP contribution in [0.1, 0.15) is 53.5 Å². The van der Waals surface area contributed by atoms with E-state index in [1.807, 2.05) is 26.0 Å². The second kappa shape index (κ2) is 10.2. The van der Waals surface area contributed by atoms with Crippen LogP contribution in [0, 0.1) is 11.8 Å². The Labute approximate surface area is 221 Å². The van der Waals surface area contributed by atoms with E-state index in [4.69, 9.17) is 9.72 Å². The van der Waals surface area contributed by atoms with Gasteiger partial charge in [-0.05, 0) is 61.4 Å². The van der Waals surface area contributed by atoms with Crippen LogP contribution in [0.5, 0.6) is 11.5 Å². The maximum Gasteiger partial charge on any atom is 0.416 e. The molecule has 38 heavy (non-hydrogen) atoms. The van der Waals surface area contributed by atoms with Crippen LogP contribution in [0.4, 0.5) is 18.9 Å². The van der Waals surface area contributed by atoms with Crippen molar-refractivity contribution in [3.63, 3.8) is 0 Å². The monoisotopic (exact) mass is 538 g/mol. The van der Waals surface area contributed by atoms with Crippen molar-refractivity contribution in [2.45, 2.75) is 38.8 Å². The minimum atomic E-state index is -4.50. The molecule has 4 aromatic rings. The molecule has 2 unspecified atom stereocenters. The first-order chi connectivity index (χ1) is 18.1. The number of rotatable bonds is 8. The summed E-state index contributed by atoms with van der Waals surface area (Å²) in [6.07, 6.45) is -2.52. The van der Waals surface area contributed by atoms with Crippen molar-refractivity contribution in [2.75, 3.05) is 5.32 Å². The molecule has 5 rings (SSSR count). The average Bonchev–Trinajstić information content (AvgIpc) is 3.66. The molecular formula is C29H25F3N2O3S. The number of thiazole rings is 1. The van der Waals surface area contributed by atoms with Crippen LogP contribution in [-0.4, -0.2) is 16.7 Å². The number of alkyl halides is 3. The lowest BCUT2D eigenvalue weighted by atomic mass is 9.90. The van der Waals surface area contributed by atoms with Crippen LogP contribution in [0.25, 0.3) is 10.2 Å². The molecule has 0 bridgehead atoms. The quantitative estimate of drug-likeness (QED) is 0.246. The SMILES string of the molecule is CC(C(=O)C1CC1)C(C)c1nc2ccc(Oc3cccc(C(=O)Nc4cccc(C(F)(F)F)c4)c3)cc2s1. The van der Waals surface area contributed by atoms with E-state index in [9.17, 15) is 22.8 Å². The smallest absolute Gasteiger partial charge is 0.416 e. The summed E-state index contributed by atoms with van der Waals surface area (Å²) in [5.74, 6) is 0.879. The van der Waals surface area contributed by atoms with Gasteiger partial charge in [-0.15, -0.1) is 11.3 Å². The number of aromatic nitrogens is 1. The topological polar surface area (TPSA) is 68.3 Å². The maximum atomic E-state index is 13.0. The Morgan fingerprint density at radius 3 is 2.47 bits per heavy atom. The van der Waals surface area contributed by atoms with Crippen molar-refractivity contribution >= 4 is 38.9 Å². The van der Waals surface area contributed by atoms with Gasteiger partial charge in [0.2, 0.25) is 0 Å².